The summed E-state index contributed by atoms with van der Waals surface area (Å²) in [5, 5.41) is 4.36. The number of hydrogen-bond donors (Lipinski definition) is 0. The summed E-state index contributed by atoms with van der Waals surface area (Å²) in [6.45, 7) is 7.00. The normalized spacial score (nSPS) is 19.7. The second-order valence-corrected chi connectivity index (χ2v) is 6.72. The Morgan fingerprint density at radius 2 is 1.95 bits per heavy atom. The van der Waals surface area contributed by atoms with Crippen molar-refractivity contribution in [3.63, 3.8) is 0 Å². The molecule has 21 heavy (non-hydrogen) atoms. The van der Waals surface area contributed by atoms with Gasteiger partial charge in [0.05, 0.1) is 0 Å². The predicted octanol–water partition coefficient (Wildman–Crippen LogP) is 4.12. The molecule has 0 aromatic carbocycles. The Bertz CT molecular complexity index is 460. The maximum atomic E-state index is 5.55. The molecule has 2 aliphatic rings. The molecule has 1 heterocycles. The lowest BCUT2D eigenvalue weighted by atomic mass is 9.89. The van der Waals surface area contributed by atoms with Gasteiger partial charge in [-0.15, -0.1) is 6.58 Å². The molecule has 0 aliphatic heterocycles. The molecule has 0 bridgehead atoms. The Labute approximate surface area is 128 Å². The fraction of sp³-hybridized carbons (Fsp3) is 0.722. The fourth-order valence-corrected chi connectivity index (χ4v) is 3.91. The first kappa shape index (κ1) is 14.8. The van der Waals surface area contributed by atoms with Gasteiger partial charge in [0.15, 0.2) is 0 Å². The number of fused-ring (bicyclic) bond motifs is 1. The lowest BCUT2D eigenvalue weighted by Crippen LogP contribution is -2.31. The average molecular weight is 288 g/mol. The van der Waals surface area contributed by atoms with Crippen LogP contribution in [0.4, 0.5) is 0 Å². The first-order valence-electron chi connectivity index (χ1n) is 8.66. The zero-order chi connectivity index (χ0) is 14.5. The van der Waals surface area contributed by atoms with Crippen LogP contribution in [0.15, 0.2) is 17.2 Å². The molecule has 1 aromatic heterocycles. The van der Waals surface area contributed by atoms with Crippen molar-refractivity contribution in [3.05, 3.63) is 29.7 Å². The van der Waals surface area contributed by atoms with E-state index in [9.17, 15) is 0 Å². The summed E-state index contributed by atoms with van der Waals surface area (Å²) in [4.78, 5) is 2.51. The highest BCUT2D eigenvalue weighted by atomic mass is 16.5. The van der Waals surface area contributed by atoms with Crippen LogP contribution in [0.25, 0.3) is 0 Å². The number of rotatable bonds is 6. The Balaban J connectivity index is 1.63. The Morgan fingerprint density at radius 3 is 2.76 bits per heavy atom. The van der Waals surface area contributed by atoms with E-state index in [2.05, 4.69) is 16.6 Å². The van der Waals surface area contributed by atoms with Gasteiger partial charge in [0.2, 0.25) is 0 Å². The average Bonchev–Trinajstić information content (AvgIpc) is 2.92. The minimum absolute atomic E-state index is 0.862. The van der Waals surface area contributed by atoms with E-state index in [0.29, 0.717) is 0 Å². The van der Waals surface area contributed by atoms with Crippen LogP contribution < -0.4 is 0 Å². The molecule has 0 spiro atoms. The zero-order valence-electron chi connectivity index (χ0n) is 13.1. The minimum atomic E-state index is 0.862. The van der Waals surface area contributed by atoms with Crippen LogP contribution >= 0.6 is 0 Å². The van der Waals surface area contributed by atoms with Gasteiger partial charge >= 0.3 is 0 Å². The van der Waals surface area contributed by atoms with Gasteiger partial charge in [-0.1, -0.05) is 30.5 Å². The molecule has 1 saturated carbocycles. The van der Waals surface area contributed by atoms with Crippen LogP contribution in [0.3, 0.4) is 0 Å². The lowest BCUT2D eigenvalue weighted by Gasteiger charge is -2.28. The monoisotopic (exact) mass is 288 g/mol. The summed E-state index contributed by atoms with van der Waals surface area (Å²) in [7, 11) is 0. The summed E-state index contributed by atoms with van der Waals surface area (Å²) < 4.78 is 5.55. The van der Waals surface area contributed by atoms with Crippen molar-refractivity contribution in [2.45, 2.75) is 64.3 Å². The Kier molecular flexibility index (Phi) is 5.13. The molecular weight excluding hydrogens is 260 g/mol. The van der Waals surface area contributed by atoms with Gasteiger partial charge in [-0.2, -0.15) is 0 Å². The Hall–Kier alpha value is -1.09. The second-order valence-electron chi connectivity index (χ2n) is 6.72. The maximum absolute atomic E-state index is 5.55. The number of nitrogens with zero attached hydrogens (tertiary/aromatic N) is 2. The van der Waals surface area contributed by atoms with E-state index in [1.54, 1.807) is 0 Å². The third kappa shape index (κ3) is 3.76. The van der Waals surface area contributed by atoms with E-state index < -0.39 is 0 Å². The van der Waals surface area contributed by atoms with E-state index in [4.69, 9.17) is 4.52 Å². The van der Waals surface area contributed by atoms with Gasteiger partial charge in [-0.3, -0.25) is 4.90 Å². The predicted molar refractivity (Wildman–Crippen MR) is 85.2 cm³/mol. The van der Waals surface area contributed by atoms with Gasteiger partial charge in [0.25, 0.3) is 0 Å². The summed E-state index contributed by atoms with van der Waals surface area (Å²) >= 11 is 0. The fourth-order valence-electron chi connectivity index (χ4n) is 3.91. The first-order chi connectivity index (χ1) is 10.4. The molecule has 0 atom stereocenters. The molecule has 2 aliphatic carbocycles. The topological polar surface area (TPSA) is 29.3 Å². The molecule has 1 fully saturated rings. The summed E-state index contributed by atoms with van der Waals surface area (Å²) in [6, 6.07) is 0. The number of aryl methyl sites for hydroxylation is 1. The molecule has 3 heteroatoms. The first-order valence-corrected chi connectivity index (χ1v) is 8.66. The largest absolute Gasteiger partial charge is 0.361 e. The lowest BCUT2D eigenvalue weighted by molar-refractivity contribution is 0.205. The van der Waals surface area contributed by atoms with Crippen molar-refractivity contribution in [1.29, 1.82) is 0 Å². The highest BCUT2D eigenvalue weighted by Gasteiger charge is 2.22. The van der Waals surface area contributed by atoms with Gasteiger partial charge < -0.3 is 4.52 Å². The van der Waals surface area contributed by atoms with Crippen LogP contribution in [0.5, 0.6) is 0 Å². The van der Waals surface area contributed by atoms with E-state index in [1.165, 1.54) is 62.7 Å². The quantitative estimate of drug-likeness (QED) is 0.737. The second kappa shape index (κ2) is 7.26. The Morgan fingerprint density at radius 1 is 1.14 bits per heavy atom. The molecule has 0 N–H and O–H groups in total. The zero-order valence-corrected chi connectivity index (χ0v) is 13.1. The minimum Gasteiger partial charge on any atom is -0.361 e. The molecule has 3 rings (SSSR count). The third-order valence-corrected chi connectivity index (χ3v) is 5.03. The smallest absolute Gasteiger partial charge is 0.140 e. The van der Waals surface area contributed by atoms with Crippen molar-refractivity contribution in [3.8, 4) is 0 Å². The summed E-state index contributed by atoms with van der Waals surface area (Å²) in [5.41, 5.74) is 2.58. The van der Waals surface area contributed by atoms with Gasteiger partial charge in [-0.05, 0) is 38.0 Å². The highest BCUT2D eigenvalue weighted by molar-refractivity contribution is 5.25. The molecule has 0 radical (unpaired) electrons. The van der Waals surface area contributed by atoms with E-state index in [-0.39, 0.29) is 0 Å². The van der Waals surface area contributed by atoms with Crippen LogP contribution in [0, 0.1) is 5.92 Å². The molecule has 3 nitrogen and oxygen atoms in total. The standard InChI is InChI=1S/C18H28N2O/c1-2-12-20(13-15-8-4-3-5-9-15)14-17-16-10-6-7-11-18(16)21-19-17/h2,15H,1,3-14H2. The molecule has 0 saturated heterocycles. The van der Waals surface area contributed by atoms with Crippen LogP contribution in [-0.2, 0) is 19.4 Å². The molecular formula is C18H28N2O. The number of aromatic nitrogens is 1. The van der Waals surface area contributed by atoms with E-state index in [0.717, 1.165) is 37.6 Å². The maximum Gasteiger partial charge on any atom is 0.140 e. The van der Waals surface area contributed by atoms with E-state index >= 15 is 0 Å². The molecule has 116 valence electrons. The van der Waals surface area contributed by atoms with Gasteiger partial charge in [-0.25, -0.2) is 0 Å². The van der Waals surface area contributed by atoms with Crippen LogP contribution in [0.2, 0.25) is 0 Å². The van der Waals surface area contributed by atoms with Crippen molar-refractivity contribution in [2.24, 2.45) is 5.92 Å². The molecule has 0 amide bonds. The number of hydrogen-bond acceptors (Lipinski definition) is 3. The molecule has 0 unspecified atom stereocenters. The van der Waals surface area contributed by atoms with Crippen LogP contribution in [-0.4, -0.2) is 23.1 Å². The SMILES string of the molecule is C=CCN(Cc1noc2c1CCCC2)CC1CCCCC1. The third-order valence-electron chi connectivity index (χ3n) is 5.03. The summed E-state index contributed by atoms with van der Waals surface area (Å²) in [5.74, 6) is 2.01. The molecule has 1 aromatic rings. The highest BCUT2D eigenvalue weighted by Crippen LogP contribution is 2.27. The van der Waals surface area contributed by atoms with Crippen molar-refractivity contribution in [2.75, 3.05) is 13.1 Å². The van der Waals surface area contributed by atoms with Crippen LogP contribution in [0.1, 0.15) is 62.0 Å². The van der Waals surface area contributed by atoms with Gasteiger partial charge in [0.1, 0.15) is 11.5 Å². The van der Waals surface area contributed by atoms with Crippen molar-refractivity contribution >= 4 is 0 Å². The van der Waals surface area contributed by atoms with Crippen molar-refractivity contribution < 1.29 is 4.52 Å². The van der Waals surface area contributed by atoms with E-state index in [1.807, 2.05) is 6.08 Å². The van der Waals surface area contributed by atoms with Gasteiger partial charge in [0, 0.05) is 31.6 Å². The van der Waals surface area contributed by atoms with Crippen molar-refractivity contribution in [1.82, 2.24) is 10.1 Å². The summed E-state index contributed by atoms with van der Waals surface area (Å²) in [6.07, 6.45) is 13.8.